The lowest BCUT2D eigenvalue weighted by Crippen LogP contribution is -1.96. The van der Waals surface area contributed by atoms with Crippen LogP contribution in [-0.2, 0) is 13.0 Å². The van der Waals surface area contributed by atoms with Gasteiger partial charge >= 0.3 is 0 Å². The number of aliphatic hydroxyl groups excluding tert-OH is 1. The lowest BCUT2D eigenvalue weighted by atomic mass is 10.2. The van der Waals surface area contributed by atoms with Crippen molar-refractivity contribution in [2.75, 3.05) is 0 Å². The van der Waals surface area contributed by atoms with Gasteiger partial charge in [0.1, 0.15) is 5.75 Å². The van der Waals surface area contributed by atoms with Crippen LogP contribution < -0.4 is 4.74 Å². The van der Waals surface area contributed by atoms with Crippen LogP contribution in [0.1, 0.15) is 18.2 Å². The van der Waals surface area contributed by atoms with Crippen molar-refractivity contribution in [1.82, 2.24) is 4.98 Å². The van der Waals surface area contributed by atoms with E-state index in [1.807, 2.05) is 19.1 Å². The molecule has 0 aliphatic carbocycles. The molecular weight excluding hydrogens is 330 g/mol. The molecule has 0 spiro atoms. The van der Waals surface area contributed by atoms with Crippen molar-refractivity contribution >= 4 is 27.5 Å². The Morgan fingerprint density at radius 2 is 2.11 bits per heavy atom. The number of aliphatic hydroxyl groups is 1. The Hall–Kier alpha value is -1.10. The summed E-state index contributed by atoms with van der Waals surface area (Å²) in [5.41, 5.74) is 1.64. The van der Waals surface area contributed by atoms with E-state index < -0.39 is 0 Å². The molecule has 2 rings (SSSR count). The topological polar surface area (TPSA) is 42.4 Å². The fraction of sp³-hybridized carbons (Fsp3) is 0.214. The molecule has 0 aliphatic heterocycles. The predicted molar refractivity (Wildman–Crippen MR) is 78.8 cm³/mol. The molecule has 1 aromatic carbocycles. The first-order valence-corrected chi connectivity index (χ1v) is 7.03. The number of benzene rings is 1. The highest BCUT2D eigenvalue weighted by Gasteiger charge is 2.07. The molecule has 0 bridgehead atoms. The molecular formula is C14H13BrClNO2. The van der Waals surface area contributed by atoms with Gasteiger partial charge in [-0.25, -0.2) is 4.98 Å². The van der Waals surface area contributed by atoms with Gasteiger partial charge in [-0.15, -0.1) is 0 Å². The van der Waals surface area contributed by atoms with Crippen LogP contribution in [0.5, 0.6) is 11.6 Å². The summed E-state index contributed by atoms with van der Waals surface area (Å²) < 4.78 is 6.57. The van der Waals surface area contributed by atoms with Crippen molar-refractivity contribution in [3.63, 3.8) is 0 Å². The summed E-state index contributed by atoms with van der Waals surface area (Å²) in [4.78, 5) is 4.36. The van der Waals surface area contributed by atoms with Gasteiger partial charge in [0.2, 0.25) is 5.88 Å². The highest BCUT2D eigenvalue weighted by atomic mass is 79.9. The maximum Gasteiger partial charge on any atom is 0.219 e. The molecule has 3 nitrogen and oxygen atoms in total. The molecule has 100 valence electrons. The van der Waals surface area contributed by atoms with Crippen LogP contribution in [0, 0.1) is 0 Å². The minimum Gasteiger partial charge on any atom is -0.437 e. The number of hydrogen-bond acceptors (Lipinski definition) is 3. The normalized spacial score (nSPS) is 10.5. The zero-order valence-electron chi connectivity index (χ0n) is 10.4. The van der Waals surface area contributed by atoms with Crippen LogP contribution in [0.25, 0.3) is 0 Å². The number of rotatable bonds is 4. The molecule has 0 amide bonds. The Kier molecular flexibility index (Phi) is 4.80. The smallest absolute Gasteiger partial charge is 0.219 e. The average molecular weight is 343 g/mol. The number of halogens is 2. The van der Waals surface area contributed by atoms with Crippen LogP contribution in [-0.4, -0.2) is 10.1 Å². The third kappa shape index (κ3) is 3.69. The van der Waals surface area contributed by atoms with E-state index in [9.17, 15) is 5.11 Å². The van der Waals surface area contributed by atoms with Crippen molar-refractivity contribution in [3.05, 3.63) is 51.1 Å². The lowest BCUT2D eigenvalue weighted by Gasteiger charge is -2.09. The number of hydrogen-bond donors (Lipinski definition) is 1. The molecule has 0 radical (unpaired) electrons. The molecule has 1 aromatic heterocycles. The summed E-state index contributed by atoms with van der Waals surface area (Å²) in [7, 11) is 0. The highest BCUT2D eigenvalue weighted by Crippen LogP contribution is 2.31. The fourth-order valence-electron chi connectivity index (χ4n) is 1.61. The number of aromatic nitrogens is 1. The summed E-state index contributed by atoms with van der Waals surface area (Å²) in [6.07, 6.45) is 0.774. The monoisotopic (exact) mass is 341 g/mol. The Morgan fingerprint density at radius 1 is 1.32 bits per heavy atom. The quantitative estimate of drug-likeness (QED) is 0.898. The van der Waals surface area contributed by atoms with Crippen LogP contribution in [0.3, 0.4) is 0 Å². The molecule has 0 fully saturated rings. The summed E-state index contributed by atoms with van der Waals surface area (Å²) >= 11 is 9.44. The first-order chi connectivity index (χ1) is 9.12. The number of pyridine rings is 1. The number of ether oxygens (including phenoxy) is 1. The minimum atomic E-state index is -0.0436. The standard InChI is InChI=1S/C14H13BrClNO2/c1-2-11-5-9(8-18)6-14(17-11)19-13-7-10(15)3-4-12(13)16/h3-7,18H,2,8H2,1H3. The van der Waals surface area contributed by atoms with Gasteiger partial charge in [0.15, 0.2) is 0 Å². The molecule has 1 heterocycles. The van der Waals surface area contributed by atoms with Gasteiger partial charge in [-0.3, -0.25) is 0 Å². The van der Waals surface area contributed by atoms with E-state index in [-0.39, 0.29) is 6.61 Å². The average Bonchev–Trinajstić information content (AvgIpc) is 2.42. The Morgan fingerprint density at radius 3 is 2.79 bits per heavy atom. The molecule has 5 heteroatoms. The summed E-state index contributed by atoms with van der Waals surface area (Å²) in [6.45, 7) is 1.96. The molecule has 0 aliphatic rings. The van der Waals surface area contributed by atoms with E-state index in [1.54, 1.807) is 18.2 Å². The Bertz CT molecular complexity index is 567. The Labute approximate surface area is 125 Å². The lowest BCUT2D eigenvalue weighted by molar-refractivity contribution is 0.281. The fourth-order valence-corrected chi connectivity index (χ4v) is 2.11. The summed E-state index contributed by atoms with van der Waals surface area (Å²) in [5, 5.41) is 9.74. The zero-order chi connectivity index (χ0) is 13.8. The second-order valence-electron chi connectivity index (χ2n) is 3.99. The molecule has 0 saturated heterocycles. The largest absolute Gasteiger partial charge is 0.437 e. The van der Waals surface area contributed by atoms with Crippen LogP contribution in [0.2, 0.25) is 5.02 Å². The number of nitrogens with zero attached hydrogens (tertiary/aromatic N) is 1. The van der Waals surface area contributed by atoms with Crippen molar-refractivity contribution in [1.29, 1.82) is 0 Å². The van der Waals surface area contributed by atoms with Crippen molar-refractivity contribution in [2.45, 2.75) is 20.0 Å². The van der Waals surface area contributed by atoms with Crippen LogP contribution in [0.4, 0.5) is 0 Å². The van der Waals surface area contributed by atoms with E-state index in [2.05, 4.69) is 20.9 Å². The van der Waals surface area contributed by atoms with Gasteiger partial charge in [0.25, 0.3) is 0 Å². The van der Waals surface area contributed by atoms with E-state index in [0.29, 0.717) is 16.7 Å². The SMILES string of the molecule is CCc1cc(CO)cc(Oc2cc(Br)ccc2Cl)n1. The van der Waals surface area contributed by atoms with E-state index in [4.69, 9.17) is 16.3 Å². The summed E-state index contributed by atoms with van der Waals surface area (Å²) in [5.74, 6) is 0.962. The highest BCUT2D eigenvalue weighted by molar-refractivity contribution is 9.10. The molecule has 0 unspecified atom stereocenters. The van der Waals surface area contributed by atoms with E-state index >= 15 is 0 Å². The second-order valence-corrected chi connectivity index (χ2v) is 5.32. The Balaban J connectivity index is 2.34. The molecule has 0 atom stereocenters. The summed E-state index contributed by atoms with van der Waals surface area (Å²) in [6, 6.07) is 8.93. The molecule has 2 aromatic rings. The first-order valence-electron chi connectivity index (χ1n) is 5.86. The van der Waals surface area contributed by atoms with E-state index in [0.717, 1.165) is 22.2 Å². The molecule has 19 heavy (non-hydrogen) atoms. The molecule has 0 saturated carbocycles. The maximum absolute atomic E-state index is 9.23. The predicted octanol–water partition coefficient (Wildman–Crippen LogP) is 4.34. The van der Waals surface area contributed by atoms with E-state index in [1.165, 1.54) is 0 Å². The second kappa shape index (κ2) is 6.37. The number of aryl methyl sites for hydroxylation is 1. The minimum absolute atomic E-state index is 0.0436. The van der Waals surface area contributed by atoms with Crippen molar-refractivity contribution in [2.24, 2.45) is 0 Å². The van der Waals surface area contributed by atoms with Crippen molar-refractivity contribution < 1.29 is 9.84 Å². The van der Waals surface area contributed by atoms with Gasteiger partial charge in [-0.1, -0.05) is 34.5 Å². The van der Waals surface area contributed by atoms with Gasteiger partial charge in [0.05, 0.1) is 11.6 Å². The van der Waals surface area contributed by atoms with Crippen molar-refractivity contribution in [3.8, 4) is 11.6 Å². The maximum atomic E-state index is 9.23. The van der Waals surface area contributed by atoms with Gasteiger partial charge in [-0.05, 0) is 36.2 Å². The van der Waals surface area contributed by atoms with Gasteiger partial charge in [0, 0.05) is 16.2 Å². The van der Waals surface area contributed by atoms with Crippen LogP contribution >= 0.6 is 27.5 Å². The van der Waals surface area contributed by atoms with Gasteiger partial charge < -0.3 is 9.84 Å². The third-order valence-electron chi connectivity index (χ3n) is 2.57. The first kappa shape index (κ1) is 14.3. The third-order valence-corrected chi connectivity index (χ3v) is 3.37. The molecule has 1 N–H and O–H groups in total. The van der Waals surface area contributed by atoms with Crippen LogP contribution in [0.15, 0.2) is 34.8 Å². The van der Waals surface area contributed by atoms with Gasteiger partial charge in [-0.2, -0.15) is 0 Å². The zero-order valence-corrected chi connectivity index (χ0v) is 12.7.